The molecule has 0 spiro atoms. The summed E-state index contributed by atoms with van der Waals surface area (Å²) in [5.74, 6) is 0.896. The van der Waals surface area contributed by atoms with E-state index in [0.717, 1.165) is 29.5 Å². The number of amides is 1. The van der Waals surface area contributed by atoms with Crippen LogP contribution in [0.25, 0.3) is 10.9 Å². The fraction of sp³-hybridized carbons (Fsp3) is 0.238. The molecule has 126 valence electrons. The lowest BCUT2D eigenvalue weighted by Gasteiger charge is -2.12. The van der Waals surface area contributed by atoms with E-state index in [4.69, 9.17) is 4.74 Å². The summed E-state index contributed by atoms with van der Waals surface area (Å²) in [5, 5.41) is 4.04. The van der Waals surface area contributed by atoms with Gasteiger partial charge >= 0.3 is 0 Å². The minimum atomic E-state index is 0.0385. The Morgan fingerprint density at radius 1 is 1.04 bits per heavy atom. The number of para-hydroxylation sites is 1. The molecule has 0 bridgehead atoms. The van der Waals surface area contributed by atoms with Crippen LogP contribution < -0.4 is 10.1 Å². The summed E-state index contributed by atoms with van der Waals surface area (Å²) in [6, 6.07) is 18.1. The number of nitrogens with zero attached hydrogens (tertiary/aromatic N) is 1. The molecule has 4 rings (SSSR count). The zero-order chi connectivity index (χ0) is 17.1. The molecule has 2 aromatic carbocycles. The van der Waals surface area contributed by atoms with E-state index >= 15 is 0 Å². The van der Waals surface area contributed by atoms with Crippen LogP contribution in [0.3, 0.4) is 0 Å². The second-order valence-corrected chi connectivity index (χ2v) is 6.34. The molecule has 0 saturated heterocycles. The summed E-state index contributed by atoms with van der Waals surface area (Å²) in [7, 11) is 0. The second kappa shape index (κ2) is 6.93. The van der Waals surface area contributed by atoms with Gasteiger partial charge in [0.2, 0.25) is 5.91 Å². The number of hydrogen-bond acceptors (Lipinski definition) is 3. The van der Waals surface area contributed by atoms with Gasteiger partial charge < -0.3 is 10.1 Å². The van der Waals surface area contributed by atoms with Gasteiger partial charge in [-0.05, 0) is 36.1 Å². The molecule has 1 amide bonds. The van der Waals surface area contributed by atoms with Crippen molar-refractivity contribution in [2.24, 2.45) is 5.92 Å². The molecule has 1 aliphatic carbocycles. The van der Waals surface area contributed by atoms with Crippen molar-refractivity contribution in [3.63, 3.8) is 0 Å². The van der Waals surface area contributed by atoms with E-state index in [1.807, 2.05) is 42.5 Å². The lowest BCUT2D eigenvalue weighted by atomic mass is 10.1. The first kappa shape index (κ1) is 15.6. The molecule has 25 heavy (non-hydrogen) atoms. The maximum Gasteiger partial charge on any atom is 0.223 e. The molecule has 4 heteroatoms. The van der Waals surface area contributed by atoms with Crippen LogP contribution in [0, 0.1) is 5.92 Å². The first-order chi connectivity index (χ1) is 12.3. The van der Waals surface area contributed by atoms with Crippen LogP contribution in [-0.2, 0) is 17.6 Å². The van der Waals surface area contributed by atoms with Crippen LogP contribution in [0.2, 0.25) is 0 Å². The van der Waals surface area contributed by atoms with E-state index in [-0.39, 0.29) is 11.8 Å². The molecular weight excluding hydrogens is 312 g/mol. The van der Waals surface area contributed by atoms with Gasteiger partial charge in [-0.15, -0.1) is 0 Å². The average molecular weight is 332 g/mol. The van der Waals surface area contributed by atoms with Crippen molar-refractivity contribution in [3.05, 3.63) is 71.9 Å². The minimum Gasteiger partial charge on any atom is -0.489 e. The molecule has 4 nitrogen and oxygen atoms in total. The Morgan fingerprint density at radius 2 is 1.80 bits per heavy atom. The third-order valence-corrected chi connectivity index (χ3v) is 4.68. The number of hydrogen-bond donors (Lipinski definition) is 1. The highest BCUT2D eigenvalue weighted by atomic mass is 16.5. The fourth-order valence-electron chi connectivity index (χ4n) is 3.42. The first-order valence-electron chi connectivity index (χ1n) is 8.62. The minimum absolute atomic E-state index is 0.0385. The lowest BCUT2D eigenvalue weighted by molar-refractivity contribution is -0.124. The Labute approximate surface area is 146 Å². The molecule has 0 fully saturated rings. The summed E-state index contributed by atoms with van der Waals surface area (Å²) in [4.78, 5) is 16.7. The van der Waals surface area contributed by atoms with Gasteiger partial charge in [0, 0.05) is 17.5 Å². The zero-order valence-corrected chi connectivity index (χ0v) is 13.9. The molecule has 3 aromatic rings. The van der Waals surface area contributed by atoms with Crippen LogP contribution in [0.5, 0.6) is 5.75 Å². The van der Waals surface area contributed by atoms with Crippen LogP contribution >= 0.6 is 0 Å². The van der Waals surface area contributed by atoms with Crippen LogP contribution in [0.4, 0.5) is 0 Å². The Morgan fingerprint density at radius 3 is 2.60 bits per heavy atom. The number of aromatic nitrogens is 1. The Balaban J connectivity index is 1.29. The van der Waals surface area contributed by atoms with Crippen molar-refractivity contribution in [1.29, 1.82) is 0 Å². The normalized spacial score (nSPS) is 13.6. The summed E-state index contributed by atoms with van der Waals surface area (Å²) in [6.45, 7) is 0.927. The van der Waals surface area contributed by atoms with Crippen molar-refractivity contribution >= 4 is 16.8 Å². The predicted octanol–water partition coefficient (Wildman–Crippen LogP) is 3.14. The average Bonchev–Trinajstić information content (AvgIpc) is 3.09. The fourth-order valence-corrected chi connectivity index (χ4v) is 3.42. The first-order valence-corrected chi connectivity index (χ1v) is 8.62. The summed E-state index contributed by atoms with van der Waals surface area (Å²) in [5.41, 5.74) is 3.43. The number of carbonyl (C=O) groups is 1. The highest BCUT2D eigenvalue weighted by Gasteiger charge is 2.26. The van der Waals surface area contributed by atoms with Crippen molar-refractivity contribution in [2.75, 3.05) is 13.2 Å². The lowest BCUT2D eigenvalue weighted by Crippen LogP contribution is -2.34. The van der Waals surface area contributed by atoms with Crippen molar-refractivity contribution < 1.29 is 9.53 Å². The van der Waals surface area contributed by atoms with Crippen LogP contribution in [0.15, 0.2) is 60.8 Å². The molecule has 1 heterocycles. The van der Waals surface area contributed by atoms with Crippen molar-refractivity contribution in [3.8, 4) is 5.75 Å². The molecule has 0 aliphatic heterocycles. The molecule has 1 aliphatic rings. The molecular formula is C21H20N2O2. The number of benzene rings is 2. The van der Waals surface area contributed by atoms with Crippen LogP contribution in [0.1, 0.15) is 11.1 Å². The predicted molar refractivity (Wildman–Crippen MR) is 97.6 cm³/mol. The van der Waals surface area contributed by atoms with Gasteiger partial charge in [-0.3, -0.25) is 9.78 Å². The second-order valence-electron chi connectivity index (χ2n) is 6.34. The molecule has 1 N–H and O–H groups in total. The van der Waals surface area contributed by atoms with Crippen molar-refractivity contribution in [1.82, 2.24) is 10.3 Å². The molecule has 0 atom stereocenters. The summed E-state index contributed by atoms with van der Waals surface area (Å²) in [6.07, 6.45) is 3.42. The van der Waals surface area contributed by atoms with E-state index in [1.165, 1.54) is 11.1 Å². The van der Waals surface area contributed by atoms with Gasteiger partial charge in [0.15, 0.2) is 0 Å². The molecule has 0 saturated carbocycles. The number of ether oxygens (including phenoxy) is 1. The maximum absolute atomic E-state index is 12.4. The highest BCUT2D eigenvalue weighted by Crippen LogP contribution is 2.26. The zero-order valence-electron chi connectivity index (χ0n) is 13.9. The largest absolute Gasteiger partial charge is 0.489 e. The van der Waals surface area contributed by atoms with Gasteiger partial charge in [-0.2, -0.15) is 0 Å². The van der Waals surface area contributed by atoms with E-state index in [1.54, 1.807) is 6.20 Å². The number of rotatable bonds is 5. The third-order valence-electron chi connectivity index (χ3n) is 4.68. The van der Waals surface area contributed by atoms with Gasteiger partial charge in [-0.1, -0.05) is 42.5 Å². The standard InChI is InChI=1S/C21H20N2O2/c24-21(18-13-16-5-1-2-6-17(16)14-18)23-11-12-25-19-9-3-7-15-8-4-10-22-20(15)19/h1-10,18H,11-14H2,(H,23,24). The SMILES string of the molecule is O=C(NCCOc1cccc2cccnc12)C1Cc2ccccc2C1. The third kappa shape index (κ3) is 3.33. The highest BCUT2D eigenvalue weighted by molar-refractivity contribution is 5.84. The summed E-state index contributed by atoms with van der Waals surface area (Å²) < 4.78 is 5.82. The van der Waals surface area contributed by atoms with Crippen molar-refractivity contribution in [2.45, 2.75) is 12.8 Å². The number of pyridine rings is 1. The molecule has 0 radical (unpaired) electrons. The van der Waals surface area contributed by atoms with Crippen LogP contribution in [-0.4, -0.2) is 24.0 Å². The number of fused-ring (bicyclic) bond motifs is 2. The quantitative estimate of drug-likeness (QED) is 0.730. The molecule has 1 aromatic heterocycles. The Kier molecular flexibility index (Phi) is 4.34. The van der Waals surface area contributed by atoms with E-state index in [0.29, 0.717) is 13.2 Å². The Hall–Kier alpha value is -2.88. The maximum atomic E-state index is 12.4. The van der Waals surface area contributed by atoms with Gasteiger partial charge in [0.1, 0.15) is 17.9 Å². The van der Waals surface area contributed by atoms with Gasteiger partial charge in [0.05, 0.1) is 6.54 Å². The molecule has 0 unspecified atom stereocenters. The van der Waals surface area contributed by atoms with E-state index in [2.05, 4.69) is 22.4 Å². The topological polar surface area (TPSA) is 51.2 Å². The smallest absolute Gasteiger partial charge is 0.223 e. The Bertz CT molecular complexity index is 877. The summed E-state index contributed by atoms with van der Waals surface area (Å²) >= 11 is 0. The van der Waals surface area contributed by atoms with E-state index < -0.39 is 0 Å². The number of nitrogens with one attached hydrogen (secondary N) is 1. The van der Waals surface area contributed by atoms with Gasteiger partial charge in [-0.25, -0.2) is 0 Å². The monoisotopic (exact) mass is 332 g/mol. The van der Waals surface area contributed by atoms with Gasteiger partial charge in [0.25, 0.3) is 0 Å². The van der Waals surface area contributed by atoms with E-state index in [9.17, 15) is 4.79 Å². The number of carbonyl (C=O) groups excluding carboxylic acids is 1.